The van der Waals surface area contributed by atoms with Crippen LogP contribution in [0.3, 0.4) is 0 Å². The van der Waals surface area contributed by atoms with Gasteiger partial charge in [0.25, 0.3) is 0 Å². The highest BCUT2D eigenvalue weighted by molar-refractivity contribution is 9.10. The molecule has 0 heterocycles. The fraction of sp³-hybridized carbons (Fsp3) is 0.143. The van der Waals surface area contributed by atoms with Gasteiger partial charge in [0, 0.05) is 20.8 Å². The van der Waals surface area contributed by atoms with Gasteiger partial charge in [-0.3, -0.25) is 0 Å². The van der Waals surface area contributed by atoms with Gasteiger partial charge in [-0.1, -0.05) is 18.2 Å². The van der Waals surface area contributed by atoms with Crippen LogP contribution in [-0.4, -0.2) is 0 Å². The molecule has 0 aliphatic carbocycles. The van der Waals surface area contributed by atoms with E-state index in [0.29, 0.717) is 17.0 Å². The number of thioether (sulfide) groups is 1. The van der Waals surface area contributed by atoms with Gasteiger partial charge in [0.2, 0.25) is 0 Å². The Bertz CT molecular complexity index is 614. The van der Waals surface area contributed by atoms with Crippen molar-refractivity contribution in [1.29, 1.82) is 0 Å². The Morgan fingerprint density at radius 2 is 1.85 bits per heavy atom. The Morgan fingerprint density at radius 1 is 1.10 bits per heavy atom. The van der Waals surface area contributed by atoms with Gasteiger partial charge in [-0.15, -0.1) is 11.8 Å². The van der Waals surface area contributed by atoms with Crippen molar-refractivity contribution in [2.75, 3.05) is 5.73 Å². The summed E-state index contributed by atoms with van der Waals surface area (Å²) in [6, 6.07) is 10.8. The van der Waals surface area contributed by atoms with Gasteiger partial charge in [0.05, 0.1) is 5.56 Å². The molecule has 0 amide bonds. The minimum atomic E-state index is -4.30. The molecule has 0 radical (unpaired) electrons. The van der Waals surface area contributed by atoms with Crippen molar-refractivity contribution in [2.45, 2.75) is 16.8 Å². The fourth-order valence-electron chi connectivity index (χ4n) is 1.63. The number of anilines is 1. The lowest BCUT2D eigenvalue weighted by molar-refractivity contribution is -0.137. The van der Waals surface area contributed by atoms with Crippen LogP contribution in [0, 0.1) is 0 Å². The largest absolute Gasteiger partial charge is 0.416 e. The maximum absolute atomic E-state index is 12.6. The van der Waals surface area contributed by atoms with Crippen molar-refractivity contribution in [2.24, 2.45) is 0 Å². The minimum absolute atomic E-state index is 0.465. The summed E-state index contributed by atoms with van der Waals surface area (Å²) in [6.07, 6.45) is -4.30. The molecule has 1 nitrogen and oxygen atoms in total. The van der Waals surface area contributed by atoms with Crippen LogP contribution >= 0.6 is 27.7 Å². The Morgan fingerprint density at radius 3 is 2.50 bits per heavy atom. The molecule has 0 bridgehead atoms. The first-order valence-corrected chi connectivity index (χ1v) is 7.48. The molecular formula is C14H11BrF3NS. The predicted molar refractivity (Wildman–Crippen MR) is 79.6 cm³/mol. The molecule has 0 atom stereocenters. The van der Waals surface area contributed by atoms with E-state index in [-0.39, 0.29) is 0 Å². The van der Waals surface area contributed by atoms with E-state index in [1.807, 2.05) is 6.07 Å². The standard InChI is InChI=1S/C14H11BrF3NS/c15-12-7-11(19)4-5-13(12)20-8-9-2-1-3-10(6-9)14(16,17)18/h1-7H,8,19H2. The zero-order chi connectivity index (χ0) is 14.8. The molecule has 6 heteroatoms. The normalized spacial score (nSPS) is 11.6. The second-order valence-corrected chi connectivity index (χ2v) is 6.05. The van der Waals surface area contributed by atoms with Crippen molar-refractivity contribution in [1.82, 2.24) is 0 Å². The van der Waals surface area contributed by atoms with Crippen molar-refractivity contribution in [3.63, 3.8) is 0 Å². The molecule has 20 heavy (non-hydrogen) atoms. The first kappa shape index (κ1) is 15.3. The predicted octanol–water partition coefficient (Wildman–Crippen LogP) is 5.34. The highest BCUT2D eigenvalue weighted by Gasteiger charge is 2.30. The average Bonchev–Trinajstić information content (AvgIpc) is 2.37. The van der Waals surface area contributed by atoms with E-state index in [0.717, 1.165) is 15.4 Å². The van der Waals surface area contributed by atoms with E-state index >= 15 is 0 Å². The van der Waals surface area contributed by atoms with E-state index in [1.54, 1.807) is 18.2 Å². The van der Waals surface area contributed by atoms with E-state index in [4.69, 9.17) is 5.73 Å². The summed E-state index contributed by atoms with van der Waals surface area (Å²) in [5.74, 6) is 0.465. The second kappa shape index (κ2) is 6.10. The molecule has 0 aliphatic rings. The third kappa shape index (κ3) is 3.93. The first-order valence-electron chi connectivity index (χ1n) is 5.70. The van der Waals surface area contributed by atoms with E-state index in [9.17, 15) is 13.2 Å². The maximum Gasteiger partial charge on any atom is 0.416 e. The number of rotatable bonds is 3. The van der Waals surface area contributed by atoms with Gasteiger partial charge in [0.15, 0.2) is 0 Å². The van der Waals surface area contributed by atoms with Crippen molar-refractivity contribution in [3.05, 3.63) is 58.1 Å². The lowest BCUT2D eigenvalue weighted by atomic mass is 10.1. The molecule has 2 N–H and O–H groups in total. The summed E-state index contributed by atoms with van der Waals surface area (Å²) in [6.45, 7) is 0. The number of halogens is 4. The molecule has 0 aliphatic heterocycles. The van der Waals surface area contributed by atoms with Gasteiger partial charge in [-0.05, 0) is 45.8 Å². The lowest BCUT2D eigenvalue weighted by Gasteiger charge is -2.09. The topological polar surface area (TPSA) is 26.0 Å². The third-order valence-corrected chi connectivity index (χ3v) is 4.67. The average molecular weight is 362 g/mol. The molecule has 0 fully saturated rings. The number of nitrogen functional groups attached to an aromatic ring is 1. The first-order chi connectivity index (χ1) is 9.36. The number of nitrogens with two attached hydrogens (primary N) is 1. The van der Waals surface area contributed by atoms with Crippen LogP contribution in [0.25, 0.3) is 0 Å². The quantitative estimate of drug-likeness (QED) is 0.589. The Balaban J connectivity index is 2.11. The van der Waals surface area contributed by atoms with Crippen LogP contribution in [0.1, 0.15) is 11.1 Å². The molecule has 0 saturated heterocycles. The monoisotopic (exact) mass is 361 g/mol. The van der Waals surface area contributed by atoms with Crippen molar-refractivity contribution < 1.29 is 13.2 Å². The van der Waals surface area contributed by atoms with Crippen molar-refractivity contribution >= 4 is 33.4 Å². The number of benzene rings is 2. The SMILES string of the molecule is Nc1ccc(SCc2cccc(C(F)(F)F)c2)c(Br)c1. The lowest BCUT2D eigenvalue weighted by Crippen LogP contribution is -2.04. The smallest absolute Gasteiger partial charge is 0.399 e. The summed E-state index contributed by atoms with van der Waals surface area (Å²) in [7, 11) is 0. The molecular weight excluding hydrogens is 351 g/mol. The van der Waals surface area contributed by atoms with Crippen LogP contribution < -0.4 is 5.73 Å². The summed E-state index contributed by atoms with van der Waals surface area (Å²) in [5, 5.41) is 0. The summed E-state index contributed by atoms with van der Waals surface area (Å²) in [4.78, 5) is 0.941. The van der Waals surface area contributed by atoms with Crippen LogP contribution in [0.5, 0.6) is 0 Å². The highest BCUT2D eigenvalue weighted by Crippen LogP contribution is 2.33. The number of alkyl halides is 3. The van der Waals surface area contributed by atoms with Gasteiger partial charge in [0.1, 0.15) is 0 Å². The zero-order valence-corrected chi connectivity index (χ0v) is 12.6. The molecule has 2 aromatic carbocycles. The Hall–Kier alpha value is -1.14. The molecule has 0 spiro atoms. The van der Waals surface area contributed by atoms with Gasteiger partial charge < -0.3 is 5.73 Å². The second-order valence-electron chi connectivity index (χ2n) is 4.18. The fourth-order valence-corrected chi connectivity index (χ4v) is 3.24. The van der Waals surface area contributed by atoms with E-state index < -0.39 is 11.7 Å². The Kier molecular flexibility index (Phi) is 4.65. The zero-order valence-electron chi connectivity index (χ0n) is 10.2. The van der Waals surface area contributed by atoms with E-state index in [2.05, 4.69) is 15.9 Å². The van der Waals surface area contributed by atoms with Gasteiger partial charge in [-0.2, -0.15) is 13.2 Å². The summed E-state index contributed by atoms with van der Waals surface area (Å²) < 4.78 is 38.7. The Labute approximate surface area is 127 Å². The molecule has 2 aromatic rings. The number of hydrogen-bond donors (Lipinski definition) is 1. The van der Waals surface area contributed by atoms with Gasteiger partial charge in [-0.25, -0.2) is 0 Å². The van der Waals surface area contributed by atoms with Crippen LogP contribution in [-0.2, 0) is 11.9 Å². The number of hydrogen-bond acceptors (Lipinski definition) is 2. The molecule has 2 rings (SSSR count). The third-order valence-electron chi connectivity index (χ3n) is 2.60. The summed E-state index contributed by atoms with van der Waals surface area (Å²) in [5.41, 5.74) is 6.29. The molecule has 106 valence electrons. The van der Waals surface area contributed by atoms with Crippen molar-refractivity contribution in [3.8, 4) is 0 Å². The molecule has 0 unspecified atom stereocenters. The van der Waals surface area contributed by atoms with Crippen LogP contribution in [0.4, 0.5) is 18.9 Å². The molecule has 0 saturated carbocycles. The van der Waals surface area contributed by atoms with Gasteiger partial charge >= 0.3 is 6.18 Å². The van der Waals surface area contributed by atoms with E-state index in [1.165, 1.54) is 23.9 Å². The van der Waals surface area contributed by atoms with Crippen LogP contribution in [0.2, 0.25) is 0 Å². The molecule has 0 aromatic heterocycles. The summed E-state index contributed by atoms with van der Waals surface area (Å²) >= 11 is 4.84. The maximum atomic E-state index is 12.6. The highest BCUT2D eigenvalue weighted by atomic mass is 79.9. The minimum Gasteiger partial charge on any atom is -0.399 e. The van der Waals surface area contributed by atoms with Crippen LogP contribution in [0.15, 0.2) is 51.8 Å².